The lowest BCUT2D eigenvalue weighted by Gasteiger charge is -2.07. The van der Waals surface area contributed by atoms with E-state index < -0.39 is 17.5 Å². The molecule has 0 saturated carbocycles. The molecule has 6 heteroatoms. The quantitative estimate of drug-likeness (QED) is 0.486. The predicted octanol–water partition coefficient (Wildman–Crippen LogP) is 5.06. The van der Waals surface area contributed by atoms with Crippen LogP contribution >= 0.6 is 0 Å². The number of carbonyl (C=O) groups is 1. The summed E-state index contributed by atoms with van der Waals surface area (Å²) in [6, 6.07) is 13.7. The zero-order valence-electron chi connectivity index (χ0n) is 13.4. The van der Waals surface area contributed by atoms with Crippen LogP contribution in [0.3, 0.4) is 0 Å². The number of benzene rings is 2. The second-order valence-electron chi connectivity index (χ2n) is 5.48. The smallest absolute Gasteiger partial charge is 0.289 e. The highest BCUT2D eigenvalue weighted by atomic mass is 19.4. The van der Waals surface area contributed by atoms with E-state index in [1.807, 2.05) is 30.3 Å². The van der Waals surface area contributed by atoms with E-state index in [9.17, 15) is 18.0 Å². The summed E-state index contributed by atoms with van der Waals surface area (Å²) in [4.78, 5) is 20.5. The van der Waals surface area contributed by atoms with Gasteiger partial charge in [0.05, 0.1) is 5.56 Å². The van der Waals surface area contributed by atoms with E-state index in [0.29, 0.717) is 11.4 Å². The molecule has 2 aromatic carbocycles. The lowest BCUT2D eigenvalue weighted by molar-refractivity contribution is -0.137. The molecule has 0 spiro atoms. The van der Waals surface area contributed by atoms with Crippen molar-refractivity contribution in [3.05, 3.63) is 89.8 Å². The summed E-state index contributed by atoms with van der Waals surface area (Å²) >= 11 is 0. The van der Waals surface area contributed by atoms with Crippen LogP contribution in [-0.4, -0.2) is 15.8 Å². The van der Waals surface area contributed by atoms with Gasteiger partial charge in [-0.05, 0) is 24.3 Å². The highest BCUT2D eigenvalue weighted by molar-refractivity contribution is 6.06. The molecule has 0 N–H and O–H groups in total. The van der Waals surface area contributed by atoms with Crippen LogP contribution < -0.4 is 0 Å². The van der Waals surface area contributed by atoms with Crippen molar-refractivity contribution in [3.63, 3.8) is 0 Å². The first-order valence-electron chi connectivity index (χ1n) is 7.70. The van der Waals surface area contributed by atoms with Crippen LogP contribution in [0.4, 0.5) is 13.2 Å². The molecule has 3 nitrogen and oxygen atoms in total. The van der Waals surface area contributed by atoms with Crippen molar-refractivity contribution >= 4 is 11.9 Å². The van der Waals surface area contributed by atoms with Crippen molar-refractivity contribution in [2.75, 3.05) is 0 Å². The molecule has 0 fully saturated rings. The molecular formula is C20H13F3N2O. The summed E-state index contributed by atoms with van der Waals surface area (Å²) in [6.45, 7) is 0. The van der Waals surface area contributed by atoms with Gasteiger partial charge in [-0.3, -0.25) is 4.79 Å². The van der Waals surface area contributed by atoms with Crippen LogP contribution in [0.5, 0.6) is 0 Å². The first-order chi connectivity index (χ1) is 12.4. The van der Waals surface area contributed by atoms with Crippen molar-refractivity contribution in [1.82, 2.24) is 9.97 Å². The van der Waals surface area contributed by atoms with Crippen molar-refractivity contribution in [3.8, 4) is 11.4 Å². The molecular weight excluding hydrogens is 341 g/mol. The fourth-order valence-electron chi connectivity index (χ4n) is 2.28. The largest absolute Gasteiger partial charge is 0.416 e. The lowest BCUT2D eigenvalue weighted by atomic mass is 10.1. The molecule has 0 aliphatic heterocycles. The van der Waals surface area contributed by atoms with Crippen molar-refractivity contribution < 1.29 is 18.0 Å². The van der Waals surface area contributed by atoms with Gasteiger partial charge in [0.2, 0.25) is 0 Å². The third-order valence-electron chi connectivity index (χ3n) is 3.61. The van der Waals surface area contributed by atoms with E-state index in [0.717, 1.165) is 17.7 Å². The Morgan fingerprint density at radius 3 is 2.27 bits per heavy atom. The Balaban J connectivity index is 1.75. The number of aromatic nitrogens is 2. The van der Waals surface area contributed by atoms with Crippen molar-refractivity contribution in [1.29, 1.82) is 0 Å². The maximum absolute atomic E-state index is 12.7. The van der Waals surface area contributed by atoms with E-state index in [4.69, 9.17) is 0 Å². The summed E-state index contributed by atoms with van der Waals surface area (Å²) in [7, 11) is 0. The topological polar surface area (TPSA) is 42.9 Å². The molecule has 0 aliphatic rings. The number of nitrogens with zero attached hydrogens (tertiary/aromatic N) is 2. The lowest BCUT2D eigenvalue weighted by Crippen LogP contribution is -2.06. The summed E-state index contributed by atoms with van der Waals surface area (Å²) in [6.07, 6.45) is 1.28. The van der Waals surface area contributed by atoms with Crippen molar-refractivity contribution in [2.45, 2.75) is 6.18 Å². The maximum Gasteiger partial charge on any atom is 0.416 e. The number of carbonyl (C=O) groups excluding carboxylic acids is 1. The molecule has 0 radical (unpaired) electrons. The fourth-order valence-corrected chi connectivity index (χ4v) is 2.28. The standard InChI is InChI=1S/C20H13F3N2O/c21-20(22,23)17-8-4-7-16(11-17)18(26)10-9-14-12-24-19(25-13-14)15-5-2-1-3-6-15/h1-13H. The first kappa shape index (κ1) is 17.5. The number of ketones is 1. The Kier molecular flexibility index (Phi) is 4.93. The SMILES string of the molecule is O=C(C=Cc1cnc(-c2ccccc2)nc1)c1cccc(C(F)(F)F)c1. The molecule has 0 bridgehead atoms. The van der Waals surface area contributed by atoms with E-state index in [2.05, 4.69) is 9.97 Å². The van der Waals surface area contributed by atoms with E-state index in [1.54, 1.807) is 12.4 Å². The summed E-state index contributed by atoms with van der Waals surface area (Å²) in [5.41, 5.74) is 0.554. The average Bonchev–Trinajstić information content (AvgIpc) is 2.66. The molecule has 0 unspecified atom stereocenters. The van der Waals surface area contributed by atoms with Gasteiger partial charge in [-0.25, -0.2) is 9.97 Å². The minimum atomic E-state index is -4.49. The second kappa shape index (κ2) is 7.31. The number of halogens is 3. The average molecular weight is 354 g/mol. The fraction of sp³-hybridized carbons (Fsp3) is 0.0500. The molecule has 0 saturated heterocycles. The number of rotatable bonds is 4. The monoisotopic (exact) mass is 354 g/mol. The summed E-state index contributed by atoms with van der Waals surface area (Å²) in [5.74, 6) is 0.0233. The van der Waals surface area contributed by atoms with E-state index in [-0.39, 0.29) is 5.56 Å². The molecule has 0 amide bonds. The van der Waals surface area contributed by atoms with Gasteiger partial charge in [0.15, 0.2) is 11.6 Å². The number of allylic oxidation sites excluding steroid dienone is 1. The molecule has 3 rings (SSSR count). The summed E-state index contributed by atoms with van der Waals surface area (Å²) < 4.78 is 38.1. The van der Waals surface area contributed by atoms with Gasteiger partial charge in [-0.2, -0.15) is 13.2 Å². The van der Waals surface area contributed by atoms with Crippen LogP contribution in [0.15, 0.2) is 73.1 Å². The third kappa shape index (κ3) is 4.22. The molecule has 0 atom stereocenters. The van der Waals surface area contributed by atoms with Gasteiger partial charge in [-0.1, -0.05) is 42.5 Å². The Hall–Kier alpha value is -3.28. The van der Waals surface area contributed by atoms with E-state index in [1.165, 1.54) is 24.3 Å². The van der Waals surface area contributed by atoms with Gasteiger partial charge < -0.3 is 0 Å². The number of alkyl halides is 3. The molecule has 0 aliphatic carbocycles. The van der Waals surface area contributed by atoms with Gasteiger partial charge in [0.25, 0.3) is 0 Å². The van der Waals surface area contributed by atoms with Crippen LogP contribution in [0.2, 0.25) is 0 Å². The zero-order valence-corrected chi connectivity index (χ0v) is 13.4. The highest BCUT2D eigenvalue weighted by Gasteiger charge is 2.30. The minimum Gasteiger partial charge on any atom is -0.289 e. The summed E-state index contributed by atoms with van der Waals surface area (Å²) in [5, 5.41) is 0. The van der Waals surface area contributed by atoms with Gasteiger partial charge in [0.1, 0.15) is 0 Å². The molecule has 1 heterocycles. The molecule has 130 valence electrons. The van der Waals surface area contributed by atoms with Crippen LogP contribution in [0, 0.1) is 0 Å². The van der Waals surface area contributed by atoms with Crippen LogP contribution in [0.1, 0.15) is 21.5 Å². The zero-order chi connectivity index (χ0) is 18.6. The highest BCUT2D eigenvalue weighted by Crippen LogP contribution is 2.29. The Bertz CT molecular complexity index is 933. The minimum absolute atomic E-state index is 0.0297. The Labute approximate surface area is 147 Å². The first-order valence-corrected chi connectivity index (χ1v) is 7.70. The van der Waals surface area contributed by atoms with Crippen molar-refractivity contribution in [2.24, 2.45) is 0 Å². The third-order valence-corrected chi connectivity index (χ3v) is 3.61. The number of hydrogen-bond donors (Lipinski definition) is 0. The van der Waals surface area contributed by atoms with Gasteiger partial charge in [-0.15, -0.1) is 0 Å². The Morgan fingerprint density at radius 2 is 1.62 bits per heavy atom. The van der Waals surface area contributed by atoms with E-state index >= 15 is 0 Å². The van der Waals surface area contributed by atoms with Gasteiger partial charge >= 0.3 is 6.18 Å². The molecule has 26 heavy (non-hydrogen) atoms. The maximum atomic E-state index is 12.7. The predicted molar refractivity (Wildman–Crippen MR) is 92.3 cm³/mol. The number of hydrogen-bond acceptors (Lipinski definition) is 3. The molecule has 3 aromatic rings. The Morgan fingerprint density at radius 1 is 0.923 bits per heavy atom. The molecule has 1 aromatic heterocycles. The normalized spacial score (nSPS) is 11.7. The van der Waals surface area contributed by atoms with Gasteiger partial charge in [0, 0.05) is 29.1 Å². The second-order valence-corrected chi connectivity index (χ2v) is 5.48. The van der Waals surface area contributed by atoms with Crippen LogP contribution in [0.25, 0.3) is 17.5 Å². The van der Waals surface area contributed by atoms with Crippen LogP contribution in [-0.2, 0) is 6.18 Å².